The Morgan fingerprint density at radius 1 is 1.41 bits per heavy atom. The molecule has 2 heterocycles. The zero-order valence-electron chi connectivity index (χ0n) is 13.4. The molecule has 0 unspecified atom stereocenters. The molecule has 1 saturated heterocycles. The van der Waals surface area contributed by atoms with Crippen molar-refractivity contribution < 1.29 is 14.6 Å². The Morgan fingerprint density at radius 2 is 2.23 bits per heavy atom. The largest absolute Gasteiger partial charge is 0.504 e. The Balaban J connectivity index is 1.93. The lowest BCUT2D eigenvalue weighted by molar-refractivity contribution is -0.109. The second-order valence-corrected chi connectivity index (χ2v) is 6.55. The van der Waals surface area contributed by atoms with Crippen LogP contribution in [0.25, 0.3) is 0 Å². The second-order valence-electron chi connectivity index (χ2n) is 6.55. The van der Waals surface area contributed by atoms with Crippen molar-refractivity contribution in [2.45, 2.75) is 38.6 Å². The van der Waals surface area contributed by atoms with Gasteiger partial charge in [-0.3, -0.25) is 4.90 Å². The minimum Gasteiger partial charge on any atom is -0.504 e. The molecule has 1 aromatic rings. The highest BCUT2D eigenvalue weighted by Gasteiger charge is 2.38. The van der Waals surface area contributed by atoms with Gasteiger partial charge in [-0.05, 0) is 47.9 Å². The van der Waals surface area contributed by atoms with Gasteiger partial charge < -0.3 is 14.6 Å². The molecule has 1 fully saturated rings. The number of benzene rings is 1. The lowest BCUT2D eigenvalue weighted by Gasteiger charge is -2.47. The molecule has 1 N–H and O–H groups in total. The van der Waals surface area contributed by atoms with Crippen molar-refractivity contribution in [3.63, 3.8) is 0 Å². The molecule has 0 bridgehead atoms. The highest BCUT2D eigenvalue weighted by Crippen LogP contribution is 2.45. The third kappa shape index (κ3) is 2.60. The van der Waals surface area contributed by atoms with E-state index in [4.69, 9.17) is 4.74 Å². The van der Waals surface area contributed by atoms with Gasteiger partial charge in [-0.1, -0.05) is 13.3 Å². The number of aromatic hydroxyl groups is 1. The Kier molecular flexibility index (Phi) is 4.39. The first-order valence-electron chi connectivity index (χ1n) is 8.25. The van der Waals surface area contributed by atoms with Crippen molar-refractivity contribution >= 4 is 6.29 Å². The molecule has 4 heteroatoms. The molecular weight excluding hydrogens is 278 g/mol. The van der Waals surface area contributed by atoms with Crippen LogP contribution < -0.4 is 4.74 Å². The van der Waals surface area contributed by atoms with E-state index in [0.717, 1.165) is 38.6 Å². The topological polar surface area (TPSA) is 49.8 Å². The summed E-state index contributed by atoms with van der Waals surface area (Å²) in [5.74, 6) is 1.85. The third-order valence-electron chi connectivity index (χ3n) is 5.49. The highest BCUT2D eigenvalue weighted by molar-refractivity contribution is 5.51. The number of carbonyl (C=O) groups excluding carboxylic acids is 1. The van der Waals surface area contributed by atoms with Crippen LogP contribution in [0.15, 0.2) is 12.1 Å². The van der Waals surface area contributed by atoms with Crippen LogP contribution in [0.3, 0.4) is 0 Å². The van der Waals surface area contributed by atoms with Crippen molar-refractivity contribution in [1.29, 1.82) is 0 Å². The lowest BCUT2D eigenvalue weighted by atomic mass is 9.75. The van der Waals surface area contributed by atoms with Gasteiger partial charge in [0, 0.05) is 25.6 Å². The number of rotatable bonds is 4. The molecule has 0 aromatic heterocycles. The van der Waals surface area contributed by atoms with Gasteiger partial charge in [0.2, 0.25) is 0 Å². The minimum atomic E-state index is 0.224. The predicted molar refractivity (Wildman–Crippen MR) is 85.2 cm³/mol. The Morgan fingerprint density at radius 3 is 2.91 bits per heavy atom. The van der Waals surface area contributed by atoms with Crippen molar-refractivity contribution in [3.05, 3.63) is 23.3 Å². The fourth-order valence-electron chi connectivity index (χ4n) is 4.23. The van der Waals surface area contributed by atoms with Gasteiger partial charge in [0.1, 0.15) is 6.29 Å². The normalized spacial score (nSPS) is 27.8. The molecule has 0 aliphatic carbocycles. The van der Waals surface area contributed by atoms with E-state index in [1.165, 1.54) is 11.1 Å². The fraction of sp³-hybridized carbons (Fsp3) is 0.611. The molecule has 1 aromatic carbocycles. The maximum atomic E-state index is 11.0. The van der Waals surface area contributed by atoms with Gasteiger partial charge in [-0.2, -0.15) is 0 Å². The Labute approximate surface area is 132 Å². The van der Waals surface area contributed by atoms with E-state index in [2.05, 4.69) is 11.8 Å². The van der Waals surface area contributed by atoms with Crippen LogP contribution in [-0.2, 0) is 11.2 Å². The number of piperidine rings is 1. The van der Waals surface area contributed by atoms with Gasteiger partial charge in [-0.25, -0.2) is 0 Å². The van der Waals surface area contributed by atoms with Crippen LogP contribution in [0.2, 0.25) is 0 Å². The Hall–Kier alpha value is -1.55. The summed E-state index contributed by atoms with van der Waals surface area (Å²) in [6.07, 6.45) is 4.86. The average molecular weight is 303 g/mol. The smallest absolute Gasteiger partial charge is 0.160 e. The van der Waals surface area contributed by atoms with Crippen molar-refractivity contribution in [1.82, 2.24) is 4.90 Å². The van der Waals surface area contributed by atoms with Crippen molar-refractivity contribution in [3.8, 4) is 11.5 Å². The molecule has 0 saturated carbocycles. The molecule has 4 nitrogen and oxygen atoms in total. The number of aldehydes is 1. The zero-order chi connectivity index (χ0) is 15.7. The van der Waals surface area contributed by atoms with E-state index in [0.29, 0.717) is 30.0 Å². The highest BCUT2D eigenvalue weighted by atomic mass is 16.5. The van der Waals surface area contributed by atoms with Crippen LogP contribution in [0.4, 0.5) is 0 Å². The van der Waals surface area contributed by atoms with Crippen LogP contribution in [-0.4, -0.2) is 36.5 Å². The summed E-state index contributed by atoms with van der Waals surface area (Å²) in [6.45, 7) is 4.33. The minimum absolute atomic E-state index is 0.224. The first-order valence-corrected chi connectivity index (χ1v) is 8.25. The van der Waals surface area contributed by atoms with Crippen LogP contribution >= 0.6 is 0 Å². The van der Waals surface area contributed by atoms with Crippen LogP contribution in [0.1, 0.15) is 43.4 Å². The first-order chi connectivity index (χ1) is 10.7. The molecule has 3 atom stereocenters. The second kappa shape index (κ2) is 6.29. The molecular formula is C18H25NO3. The SMILES string of the molecule is CC[C@H]1CN2CCc3cc(O)c(OC)cc3[C@@H]2C[C@@H]1CC=O. The van der Waals surface area contributed by atoms with E-state index in [1.807, 2.05) is 12.1 Å². The van der Waals surface area contributed by atoms with Gasteiger partial charge in [0.05, 0.1) is 7.11 Å². The quantitative estimate of drug-likeness (QED) is 0.869. The summed E-state index contributed by atoms with van der Waals surface area (Å²) in [7, 11) is 1.59. The molecule has 120 valence electrons. The summed E-state index contributed by atoms with van der Waals surface area (Å²) in [4.78, 5) is 13.6. The molecule has 0 spiro atoms. The number of ether oxygens (including phenoxy) is 1. The van der Waals surface area contributed by atoms with E-state index in [9.17, 15) is 9.90 Å². The van der Waals surface area contributed by atoms with Gasteiger partial charge in [0.15, 0.2) is 11.5 Å². The zero-order valence-corrected chi connectivity index (χ0v) is 13.4. The van der Waals surface area contributed by atoms with E-state index < -0.39 is 0 Å². The maximum Gasteiger partial charge on any atom is 0.160 e. The standard InChI is InChI=1S/C18H25NO3/c1-3-12-11-19-6-4-14-9-17(21)18(22-2)10-15(14)16(19)8-13(12)5-7-20/h7,9-10,12-13,16,21H,3-6,8,11H2,1-2H3/t12-,13-,16-/m0/s1. The van der Waals surface area contributed by atoms with Gasteiger partial charge in [0.25, 0.3) is 0 Å². The van der Waals surface area contributed by atoms with Gasteiger partial charge in [-0.15, -0.1) is 0 Å². The number of phenols is 1. The number of fused-ring (bicyclic) bond motifs is 3. The van der Waals surface area contributed by atoms with Gasteiger partial charge >= 0.3 is 0 Å². The lowest BCUT2D eigenvalue weighted by Crippen LogP contribution is -2.45. The molecule has 0 radical (unpaired) electrons. The fourth-order valence-corrected chi connectivity index (χ4v) is 4.23. The summed E-state index contributed by atoms with van der Waals surface area (Å²) in [5, 5.41) is 9.99. The molecule has 3 rings (SSSR count). The monoisotopic (exact) mass is 303 g/mol. The average Bonchev–Trinajstić information content (AvgIpc) is 2.53. The number of hydrogen-bond acceptors (Lipinski definition) is 4. The molecule has 2 aliphatic heterocycles. The number of methoxy groups -OCH3 is 1. The summed E-state index contributed by atoms with van der Waals surface area (Å²) in [5.41, 5.74) is 2.49. The number of carbonyl (C=O) groups is 1. The predicted octanol–water partition coefficient (Wildman–Crippen LogP) is 2.94. The van der Waals surface area contributed by atoms with E-state index in [-0.39, 0.29) is 5.75 Å². The first kappa shape index (κ1) is 15.3. The summed E-state index contributed by atoms with van der Waals surface area (Å²) >= 11 is 0. The Bertz CT molecular complexity index is 558. The van der Waals surface area contributed by atoms with E-state index >= 15 is 0 Å². The maximum absolute atomic E-state index is 11.0. The summed E-state index contributed by atoms with van der Waals surface area (Å²) in [6, 6.07) is 4.20. The molecule has 0 amide bonds. The van der Waals surface area contributed by atoms with Crippen LogP contribution in [0, 0.1) is 11.8 Å². The third-order valence-corrected chi connectivity index (χ3v) is 5.49. The number of nitrogens with zero attached hydrogens (tertiary/aromatic N) is 1. The van der Waals surface area contributed by atoms with E-state index in [1.54, 1.807) is 7.11 Å². The summed E-state index contributed by atoms with van der Waals surface area (Å²) < 4.78 is 5.28. The van der Waals surface area contributed by atoms with Crippen molar-refractivity contribution in [2.24, 2.45) is 11.8 Å². The number of hydrogen-bond donors (Lipinski definition) is 1. The molecule has 22 heavy (non-hydrogen) atoms. The molecule has 2 aliphatic rings. The van der Waals surface area contributed by atoms with Crippen LogP contribution in [0.5, 0.6) is 11.5 Å². The number of phenolic OH excluding ortho intramolecular Hbond substituents is 1. The van der Waals surface area contributed by atoms with Crippen molar-refractivity contribution in [2.75, 3.05) is 20.2 Å².